The van der Waals surface area contributed by atoms with Gasteiger partial charge >= 0.3 is 0 Å². The number of hydrogen-bond acceptors (Lipinski definition) is 1. The van der Waals surface area contributed by atoms with E-state index in [1.165, 1.54) is 10.5 Å². The van der Waals surface area contributed by atoms with Gasteiger partial charge in [-0.25, -0.2) is 0 Å². The van der Waals surface area contributed by atoms with Gasteiger partial charge < -0.3 is 0 Å². The highest BCUT2D eigenvalue weighted by Gasteiger charge is 2.01. The van der Waals surface area contributed by atoms with Crippen molar-refractivity contribution in [1.29, 1.82) is 0 Å². The Balaban J connectivity index is 2.90. The molecule has 66 valence electrons. The van der Waals surface area contributed by atoms with Crippen molar-refractivity contribution in [1.82, 2.24) is 0 Å². The van der Waals surface area contributed by atoms with E-state index in [0.29, 0.717) is 0 Å². The van der Waals surface area contributed by atoms with E-state index in [1.54, 1.807) is 11.3 Å². The molecule has 0 saturated heterocycles. The van der Waals surface area contributed by atoms with Gasteiger partial charge in [0, 0.05) is 14.7 Å². The first-order chi connectivity index (χ1) is 5.63. The van der Waals surface area contributed by atoms with Crippen LogP contribution in [0.15, 0.2) is 19.9 Å². The Bertz CT molecular complexity index is 282. The van der Waals surface area contributed by atoms with Gasteiger partial charge in [0.05, 0.1) is 3.79 Å². The first-order valence-corrected chi connectivity index (χ1v) is 6.84. The highest BCUT2D eigenvalue weighted by molar-refractivity contribution is 9.13. The van der Waals surface area contributed by atoms with Gasteiger partial charge in [-0.05, 0) is 50.9 Å². The molecule has 0 fully saturated rings. The van der Waals surface area contributed by atoms with E-state index in [2.05, 4.69) is 66.9 Å². The number of allylic oxidation sites excluding steroid dienone is 1. The topological polar surface area (TPSA) is 0 Å². The summed E-state index contributed by atoms with van der Waals surface area (Å²) in [6, 6.07) is 2.11. The smallest absolute Gasteiger partial charge is 0.0846 e. The average molecular weight is 375 g/mol. The Morgan fingerprint density at radius 3 is 2.67 bits per heavy atom. The first kappa shape index (κ1) is 11.0. The maximum Gasteiger partial charge on any atom is 0.0846 e. The molecule has 0 N–H and O–H groups in total. The molecular weight excluding hydrogens is 368 g/mol. The monoisotopic (exact) mass is 372 g/mol. The predicted molar refractivity (Wildman–Crippen MR) is 67.2 cm³/mol. The van der Waals surface area contributed by atoms with Crippen molar-refractivity contribution in [3.63, 3.8) is 0 Å². The number of rotatable bonds is 2. The highest BCUT2D eigenvalue weighted by Crippen LogP contribution is 2.33. The van der Waals surface area contributed by atoms with E-state index in [-0.39, 0.29) is 0 Å². The Kier molecular flexibility index (Phi) is 4.51. The number of hydrogen-bond donors (Lipinski definition) is 0. The quantitative estimate of drug-likeness (QED) is 0.634. The molecule has 1 heterocycles. The van der Waals surface area contributed by atoms with E-state index in [0.717, 1.165) is 13.6 Å². The number of alkyl halides is 1. The Labute approximate surface area is 101 Å². The van der Waals surface area contributed by atoms with Crippen LogP contribution in [0.4, 0.5) is 0 Å². The third kappa shape index (κ3) is 2.98. The van der Waals surface area contributed by atoms with Crippen molar-refractivity contribution >= 4 is 65.2 Å². The Morgan fingerprint density at radius 1 is 1.58 bits per heavy atom. The van der Waals surface area contributed by atoms with Crippen molar-refractivity contribution in [2.75, 3.05) is 5.33 Å². The lowest BCUT2D eigenvalue weighted by Crippen LogP contribution is -1.72. The van der Waals surface area contributed by atoms with Crippen LogP contribution in [0.2, 0.25) is 0 Å². The van der Waals surface area contributed by atoms with E-state index in [1.807, 2.05) is 0 Å². The fourth-order valence-corrected chi connectivity index (χ4v) is 2.99. The van der Waals surface area contributed by atoms with Crippen LogP contribution in [0.25, 0.3) is 6.08 Å². The summed E-state index contributed by atoms with van der Waals surface area (Å²) in [4.78, 5) is 1.27. The zero-order chi connectivity index (χ0) is 9.14. The normalized spacial score (nSPS) is 12.2. The lowest BCUT2D eigenvalue weighted by atomic mass is 10.3. The molecule has 0 aromatic carbocycles. The van der Waals surface area contributed by atoms with Crippen molar-refractivity contribution in [3.8, 4) is 0 Å². The molecule has 0 aliphatic carbocycles. The first-order valence-electron chi connectivity index (χ1n) is 3.31. The van der Waals surface area contributed by atoms with Crippen LogP contribution in [0.1, 0.15) is 11.8 Å². The van der Waals surface area contributed by atoms with Crippen LogP contribution in [0, 0.1) is 0 Å². The van der Waals surface area contributed by atoms with E-state index in [4.69, 9.17) is 0 Å². The van der Waals surface area contributed by atoms with Crippen LogP contribution in [0.3, 0.4) is 0 Å². The SMILES string of the molecule is CC(=Cc1cc(Br)c(Br)s1)CBr. The molecule has 1 rings (SSSR count). The molecule has 1 aromatic rings. The second-order valence-electron chi connectivity index (χ2n) is 2.39. The third-order valence-electron chi connectivity index (χ3n) is 1.26. The van der Waals surface area contributed by atoms with E-state index < -0.39 is 0 Å². The zero-order valence-corrected chi connectivity index (χ0v) is 12.0. The van der Waals surface area contributed by atoms with Gasteiger partial charge in [-0.15, -0.1) is 11.3 Å². The van der Waals surface area contributed by atoms with Crippen molar-refractivity contribution in [2.24, 2.45) is 0 Å². The minimum Gasteiger partial charge on any atom is -0.128 e. The van der Waals surface area contributed by atoms with Crippen LogP contribution >= 0.6 is 59.1 Å². The zero-order valence-electron chi connectivity index (χ0n) is 6.40. The molecule has 1 aromatic heterocycles. The number of thiophene rings is 1. The van der Waals surface area contributed by atoms with Crippen LogP contribution in [-0.4, -0.2) is 5.33 Å². The van der Waals surface area contributed by atoms with Gasteiger partial charge in [0.15, 0.2) is 0 Å². The maximum atomic E-state index is 3.46. The summed E-state index contributed by atoms with van der Waals surface area (Å²) in [6.07, 6.45) is 2.18. The summed E-state index contributed by atoms with van der Waals surface area (Å²) >= 11 is 12.1. The van der Waals surface area contributed by atoms with Gasteiger partial charge in [0.25, 0.3) is 0 Å². The summed E-state index contributed by atoms with van der Waals surface area (Å²) in [5.41, 5.74) is 1.33. The molecule has 4 heteroatoms. The fourth-order valence-electron chi connectivity index (χ4n) is 0.716. The lowest BCUT2D eigenvalue weighted by molar-refractivity contribution is 1.46. The van der Waals surface area contributed by atoms with Gasteiger partial charge in [-0.3, -0.25) is 0 Å². The molecule has 0 amide bonds. The fraction of sp³-hybridized carbons (Fsp3) is 0.250. The molecule has 0 nitrogen and oxygen atoms in total. The van der Waals surface area contributed by atoms with Crippen LogP contribution in [-0.2, 0) is 0 Å². The predicted octanol–water partition coefficient (Wildman–Crippen LogP) is 5.07. The summed E-state index contributed by atoms with van der Waals surface area (Å²) in [6.45, 7) is 2.11. The minimum absolute atomic E-state index is 0.931. The summed E-state index contributed by atoms with van der Waals surface area (Å²) in [5, 5.41) is 0.931. The Hall–Kier alpha value is 0.880. The largest absolute Gasteiger partial charge is 0.128 e. The molecular formula is C8H7Br3S. The summed E-state index contributed by atoms with van der Waals surface area (Å²) in [5.74, 6) is 0. The van der Waals surface area contributed by atoms with Crippen molar-refractivity contribution in [3.05, 3.63) is 24.8 Å². The molecule has 0 aliphatic heterocycles. The Morgan fingerprint density at radius 2 is 2.25 bits per heavy atom. The maximum absolute atomic E-state index is 3.46. The summed E-state index contributed by atoms with van der Waals surface area (Å²) in [7, 11) is 0. The number of halogens is 3. The van der Waals surface area contributed by atoms with Gasteiger partial charge in [0.1, 0.15) is 0 Å². The molecule has 0 saturated carbocycles. The lowest BCUT2D eigenvalue weighted by Gasteiger charge is -1.89. The molecule has 0 unspecified atom stereocenters. The minimum atomic E-state index is 0.931. The molecule has 0 spiro atoms. The van der Waals surface area contributed by atoms with Crippen LogP contribution < -0.4 is 0 Å². The van der Waals surface area contributed by atoms with Crippen LogP contribution in [0.5, 0.6) is 0 Å². The molecule has 0 radical (unpaired) electrons. The second kappa shape index (κ2) is 4.94. The molecule has 0 aliphatic rings. The average Bonchev–Trinajstić information content (AvgIpc) is 2.31. The van der Waals surface area contributed by atoms with E-state index >= 15 is 0 Å². The van der Waals surface area contributed by atoms with E-state index in [9.17, 15) is 0 Å². The van der Waals surface area contributed by atoms with Gasteiger partial charge in [-0.1, -0.05) is 21.5 Å². The summed E-state index contributed by atoms with van der Waals surface area (Å²) < 4.78 is 2.28. The highest BCUT2D eigenvalue weighted by atomic mass is 79.9. The standard InChI is InChI=1S/C8H7Br3S/c1-5(4-9)2-6-3-7(10)8(11)12-6/h2-3H,4H2,1H3. The third-order valence-corrected chi connectivity index (χ3v) is 5.35. The second-order valence-corrected chi connectivity index (χ2v) is 6.21. The van der Waals surface area contributed by atoms with Crippen molar-refractivity contribution < 1.29 is 0 Å². The molecule has 12 heavy (non-hydrogen) atoms. The van der Waals surface area contributed by atoms with Crippen molar-refractivity contribution in [2.45, 2.75) is 6.92 Å². The molecule has 0 atom stereocenters. The van der Waals surface area contributed by atoms with Gasteiger partial charge in [0.2, 0.25) is 0 Å². The molecule has 0 bridgehead atoms. The van der Waals surface area contributed by atoms with Gasteiger partial charge in [-0.2, -0.15) is 0 Å².